The molecule has 1 aliphatic carbocycles. The molecule has 0 spiro atoms. The van der Waals surface area contributed by atoms with Crippen LogP contribution in [0.4, 0.5) is 18.9 Å². The average Bonchev–Trinajstić information content (AvgIpc) is 3.25. The van der Waals surface area contributed by atoms with Crippen LogP contribution in [0.5, 0.6) is 0 Å². The van der Waals surface area contributed by atoms with Crippen molar-refractivity contribution in [2.24, 2.45) is 11.8 Å². The number of anilines is 1. The molecule has 0 bridgehead atoms. The summed E-state index contributed by atoms with van der Waals surface area (Å²) in [5, 5.41) is 5.94. The number of nitrogens with zero attached hydrogens (tertiary/aromatic N) is 1. The molecule has 39 heavy (non-hydrogen) atoms. The van der Waals surface area contributed by atoms with Gasteiger partial charge in [-0.2, -0.15) is 13.2 Å². The van der Waals surface area contributed by atoms with Gasteiger partial charge in [0.15, 0.2) is 9.84 Å². The Morgan fingerprint density at radius 3 is 2.44 bits per heavy atom. The van der Waals surface area contributed by atoms with Crippen molar-refractivity contribution in [3.05, 3.63) is 60.2 Å². The molecule has 1 heterocycles. The summed E-state index contributed by atoms with van der Waals surface area (Å²) in [7, 11) is -3.62. The molecule has 4 rings (SSSR count). The summed E-state index contributed by atoms with van der Waals surface area (Å²) in [5.74, 6) is -2.58. The lowest BCUT2D eigenvalue weighted by atomic mass is 9.81. The fourth-order valence-corrected chi connectivity index (χ4v) is 7.43. The van der Waals surface area contributed by atoms with E-state index in [2.05, 4.69) is 10.6 Å². The van der Waals surface area contributed by atoms with Gasteiger partial charge in [-0.05, 0) is 61.9 Å². The van der Waals surface area contributed by atoms with E-state index in [4.69, 9.17) is 0 Å². The van der Waals surface area contributed by atoms with Gasteiger partial charge in [0.2, 0.25) is 11.8 Å². The summed E-state index contributed by atoms with van der Waals surface area (Å²) < 4.78 is 65.7. The first kappa shape index (κ1) is 29.1. The molecule has 7 nitrogen and oxygen atoms in total. The Labute approximate surface area is 227 Å². The first-order chi connectivity index (χ1) is 18.3. The number of carbonyl (C=O) groups is 2. The number of rotatable bonds is 8. The zero-order valence-electron chi connectivity index (χ0n) is 21.9. The number of hydrogen-bond donors (Lipinski definition) is 2. The zero-order chi connectivity index (χ0) is 28.4. The Morgan fingerprint density at radius 2 is 1.77 bits per heavy atom. The Bertz CT molecular complexity index is 1280. The van der Waals surface area contributed by atoms with E-state index in [9.17, 15) is 31.2 Å². The minimum absolute atomic E-state index is 0.0341. The van der Waals surface area contributed by atoms with Crippen molar-refractivity contribution in [3.63, 3.8) is 0 Å². The highest BCUT2D eigenvalue weighted by Gasteiger charge is 2.45. The minimum atomic E-state index is -4.56. The number of halogens is 3. The van der Waals surface area contributed by atoms with E-state index in [0.29, 0.717) is 12.8 Å². The highest BCUT2D eigenvalue weighted by Crippen LogP contribution is 2.36. The number of likely N-dealkylation sites (tertiary alicyclic amines) is 1. The van der Waals surface area contributed by atoms with Crippen LogP contribution in [0, 0.1) is 11.8 Å². The predicted molar refractivity (Wildman–Crippen MR) is 142 cm³/mol. The molecular weight excluding hydrogens is 531 g/mol. The van der Waals surface area contributed by atoms with E-state index in [1.807, 2.05) is 13.8 Å². The SMILES string of the molecule is CC(C)NC1CCC(N2CCC(C(=O)Nc3cccc(C(F)(F)F)c3)C2=O)[C@H](CS(=O)(=O)c2ccccc2)C1. The smallest absolute Gasteiger partial charge is 0.339 e. The number of hydrogen-bond acceptors (Lipinski definition) is 5. The van der Waals surface area contributed by atoms with Crippen molar-refractivity contribution >= 4 is 27.3 Å². The summed E-state index contributed by atoms with van der Waals surface area (Å²) in [6.45, 7) is 4.34. The van der Waals surface area contributed by atoms with Crippen LogP contribution in [0.2, 0.25) is 0 Å². The zero-order valence-corrected chi connectivity index (χ0v) is 22.8. The molecule has 1 aliphatic heterocycles. The molecule has 2 amide bonds. The molecule has 0 radical (unpaired) electrons. The second-order valence-electron chi connectivity index (χ2n) is 10.7. The molecule has 11 heteroatoms. The van der Waals surface area contributed by atoms with Gasteiger partial charge in [0, 0.05) is 30.4 Å². The number of nitrogens with one attached hydrogen (secondary N) is 2. The van der Waals surface area contributed by atoms with Gasteiger partial charge < -0.3 is 15.5 Å². The third-order valence-electron chi connectivity index (χ3n) is 7.46. The van der Waals surface area contributed by atoms with Crippen molar-refractivity contribution in [2.75, 3.05) is 17.6 Å². The van der Waals surface area contributed by atoms with Crippen LogP contribution in [-0.2, 0) is 25.6 Å². The lowest BCUT2D eigenvalue weighted by molar-refractivity contribution is -0.139. The third-order valence-corrected chi connectivity index (χ3v) is 9.32. The monoisotopic (exact) mass is 565 g/mol. The van der Waals surface area contributed by atoms with Crippen LogP contribution in [-0.4, -0.2) is 55.6 Å². The van der Waals surface area contributed by atoms with Gasteiger partial charge in [0.1, 0.15) is 5.92 Å². The molecule has 2 aromatic carbocycles. The number of sulfone groups is 1. The van der Waals surface area contributed by atoms with Crippen LogP contribution in [0.15, 0.2) is 59.5 Å². The largest absolute Gasteiger partial charge is 0.416 e. The van der Waals surface area contributed by atoms with E-state index in [-0.39, 0.29) is 53.3 Å². The summed E-state index contributed by atoms with van der Waals surface area (Å²) in [6.07, 6.45) is -2.42. The molecule has 1 saturated carbocycles. The molecular formula is C28H34F3N3O4S. The molecule has 2 aliphatic rings. The van der Waals surface area contributed by atoms with E-state index in [1.54, 1.807) is 35.2 Å². The lowest BCUT2D eigenvalue weighted by Crippen LogP contribution is -2.51. The number of benzene rings is 2. The number of alkyl halides is 3. The average molecular weight is 566 g/mol. The van der Waals surface area contributed by atoms with Crippen molar-refractivity contribution in [1.29, 1.82) is 0 Å². The molecule has 2 N–H and O–H groups in total. The first-order valence-electron chi connectivity index (χ1n) is 13.2. The van der Waals surface area contributed by atoms with Gasteiger partial charge in [0.05, 0.1) is 16.2 Å². The van der Waals surface area contributed by atoms with Crippen LogP contribution in [0.25, 0.3) is 0 Å². The van der Waals surface area contributed by atoms with E-state index in [0.717, 1.165) is 18.6 Å². The molecule has 212 valence electrons. The van der Waals surface area contributed by atoms with Crippen molar-refractivity contribution in [2.45, 2.75) is 68.7 Å². The molecule has 4 atom stereocenters. The van der Waals surface area contributed by atoms with Gasteiger partial charge in [-0.25, -0.2) is 8.42 Å². The first-order valence-corrected chi connectivity index (χ1v) is 14.8. The highest BCUT2D eigenvalue weighted by molar-refractivity contribution is 7.91. The lowest BCUT2D eigenvalue weighted by Gasteiger charge is -2.41. The molecule has 1 saturated heterocycles. The predicted octanol–water partition coefficient (Wildman–Crippen LogP) is 4.50. The Kier molecular flexibility index (Phi) is 8.70. The fourth-order valence-electron chi connectivity index (χ4n) is 5.74. The maximum Gasteiger partial charge on any atom is 0.416 e. The van der Waals surface area contributed by atoms with Gasteiger partial charge in [-0.1, -0.05) is 38.1 Å². The molecule has 0 aromatic heterocycles. The summed E-state index contributed by atoms with van der Waals surface area (Å²) >= 11 is 0. The van der Waals surface area contributed by atoms with Crippen LogP contribution < -0.4 is 10.6 Å². The second kappa shape index (κ2) is 11.7. The van der Waals surface area contributed by atoms with Gasteiger partial charge in [-0.15, -0.1) is 0 Å². The van der Waals surface area contributed by atoms with E-state index < -0.39 is 39.3 Å². The second-order valence-corrected chi connectivity index (χ2v) is 12.7. The van der Waals surface area contributed by atoms with Crippen LogP contribution in [0.1, 0.15) is 45.1 Å². The summed E-state index contributed by atoms with van der Waals surface area (Å²) in [4.78, 5) is 28.2. The fraction of sp³-hybridized carbons (Fsp3) is 0.500. The maximum absolute atomic E-state index is 13.4. The third kappa shape index (κ3) is 7.00. The number of amides is 2. The molecule has 2 aromatic rings. The van der Waals surface area contributed by atoms with Crippen LogP contribution in [0.3, 0.4) is 0 Å². The van der Waals surface area contributed by atoms with Gasteiger partial charge in [0.25, 0.3) is 0 Å². The standard InChI is InChI=1S/C28H34F3N3O4S/c1-18(2)32-22-11-12-25(19(15-22)17-39(37,38)23-9-4-3-5-10-23)34-14-13-24(27(34)36)26(35)33-21-8-6-7-20(16-21)28(29,30)31/h3-10,16,18-19,22,24-25,32H,11-15,17H2,1-2H3,(H,33,35)/t19-,22?,24?,25?/m0/s1. The Balaban J connectivity index is 1.50. The normalized spacial score (nSPS) is 24.3. The quantitative estimate of drug-likeness (QED) is 0.460. The Hall–Kier alpha value is -2.92. The maximum atomic E-state index is 13.4. The highest BCUT2D eigenvalue weighted by atomic mass is 32.2. The topological polar surface area (TPSA) is 95.6 Å². The van der Waals surface area contributed by atoms with Crippen LogP contribution >= 0.6 is 0 Å². The van der Waals surface area contributed by atoms with Crippen molar-refractivity contribution in [1.82, 2.24) is 10.2 Å². The van der Waals surface area contributed by atoms with E-state index >= 15 is 0 Å². The molecule has 2 fully saturated rings. The van der Waals surface area contributed by atoms with Gasteiger partial charge >= 0.3 is 6.18 Å². The Morgan fingerprint density at radius 1 is 1.05 bits per heavy atom. The molecule has 3 unspecified atom stereocenters. The van der Waals surface area contributed by atoms with Gasteiger partial charge in [-0.3, -0.25) is 9.59 Å². The summed E-state index contributed by atoms with van der Waals surface area (Å²) in [6, 6.07) is 12.5. The van der Waals surface area contributed by atoms with Crippen molar-refractivity contribution in [3.8, 4) is 0 Å². The van der Waals surface area contributed by atoms with Crippen molar-refractivity contribution < 1.29 is 31.2 Å². The minimum Gasteiger partial charge on any atom is -0.339 e. The summed E-state index contributed by atoms with van der Waals surface area (Å²) in [5.41, 5.74) is -0.929. The van der Waals surface area contributed by atoms with E-state index in [1.165, 1.54) is 12.1 Å². The number of carbonyl (C=O) groups excluding carboxylic acids is 2.